The van der Waals surface area contributed by atoms with Crippen LogP contribution in [0.3, 0.4) is 0 Å². The van der Waals surface area contributed by atoms with Crippen LogP contribution in [0.25, 0.3) is 0 Å². The van der Waals surface area contributed by atoms with E-state index in [1.807, 2.05) is 0 Å². The Morgan fingerprint density at radius 3 is 2.56 bits per heavy atom. The molecule has 1 aromatic carbocycles. The first-order valence-electron chi connectivity index (χ1n) is 6.09. The Labute approximate surface area is 98.8 Å². The summed E-state index contributed by atoms with van der Waals surface area (Å²) in [5.74, 6) is 0.998. The molecule has 0 aliphatic rings. The third-order valence-electron chi connectivity index (χ3n) is 2.52. The minimum atomic E-state index is 0.238. The monoisotopic (exact) mass is 221 g/mol. The molecular weight excluding hydrogens is 198 g/mol. The second-order valence-corrected chi connectivity index (χ2v) is 4.51. The summed E-state index contributed by atoms with van der Waals surface area (Å²) < 4.78 is 5.71. The first-order valence-corrected chi connectivity index (χ1v) is 6.09. The summed E-state index contributed by atoms with van der Waals surface area (Å²) in [7, 11) is 0. The lowest BCUT2D eigenvalue weighted by Crippen LogP contribution is -2.06. The summed E-state index contributed by atoms with van der Waals surface area (Å²) in [4.78, 5) is 0. The fraction of sp³-hybridized carbons (Fsp3) is 0.571. The van der Waals surface area contributed by atoms with Gasteiger partial charge in [-0.2, -0.15) is 0 Å². The first kappa shape index (κ1) is 13.0. The molecule has 0 bridgehead atoms. The van der Waals surface area contributed by atoms with Crippen LogP contribution in [-0.2, 0) is 6.42 Å². The highest BCUT2D eigenvalue weighted by Gasteiger charge is 2.03. The van der Waals surface area contributed by atoms with E-state index in [1.165, 1.54) is 17.5 Å². The van der Waals surface area contributed by atoms with E-state index in [0.717, 1.165) is 25.1 Å². The molecule has 0 aromatic heterocycles. The zero-order chi connectivity index (χ0) is 12.0. The quantitative estimate of drug-likeness (QED) is 0.749. The van der Waals surface area contributed by atoms with Crippen LogP contribution in [0.4, 0.5) is 0 Å². The number of nitrogens with two attached hydrogens (primary N) is 1. The SMILES string of the molecule is Cc1cc(CCCCN)ccc1OC(C)C. The lowest BCUT2D eigenvalue weighted by molar-refractivity contribution is 0.240. The molecule has 16 heavy (non-hydrogen) atoms. The highest BCUT2D eigenvalue weighted by molar-refractivity contribution is 5.36. The molecule has 0 aliphatic carbocycles. The Hall–Kier alpha value is -1.02. The third-order valence-corrected chi connectivity index (χ3v) is 2.52. The number of hydrogen-bond donors (Lipinski definition) is 1. The van der Waals surface area contributed by atoms with Gasteiger partial charge >= 0.3 is 0 Å². The van der Waals surface area contributed by atoms with E-state index < -0.39 is 0 Å². The van der Waals surface area contributed by atoms with Crippen molar-refractivity contribution in [2.75, 3.05) is 6.54 Å². The molecule has 0 spiro atoms. The van der Waals surface area contributed by atoms with Gasteiger partial charge in [0.05, 0.1) is 6.10 Å². The predicted molar refractivity (Wildman–Crippen MR) is 68.9 cm³/mol. The van der Waals surface area contributed by atoms with Crippen LogP contribution >= 0.6 is 0 Å². The molecule has 0 fully saturated rings. The fourth-order valence-electron chi connectivity index (χ4n) is 1.73. The van der Waals surface area contributed by atoms with E-state index in [2.05, 4.69) is 39.0 Å². The lowest BCUT2D eigenvalue weighted by Gasteiger charge is -2.13. The standard InChI is InChI=1S/C14H23NO/c1-11(2)16-14-8-7-13(10-12(14)3)6-4-5-9-15/h7-8,10-11H,4-6,9,15H2,1-3H3. The number of unbranched alkanes of at least 4 members (excludes halogenated alkanes) is 1. The maximum Gasteiger partial charge on any atom is 0.122 e. The average Bonchev–Trinajstić information content (AvgIpc) is 2.22. The fourth-order valence-corrected chi connectivity index (χ4v) is 1.73. The molecule has 2 heteroatoms. The van der Waals surface area contributed by atoms with E-state index in [1.54, 1.807) is 0 Å². The topological polar surface area (TPSA) is 35.2 Å². The van der Waals surface area contributed by atoms with Crippen molar-refractivity contribution in [1.82, 2.24) is 0 Å². The molecule has 0 heterocycles. The van der Waals surface area contributed by atoms with Crippen molar-refractivity contribution in [1.29, 1.82) is 0 Å². The number of rotatable bonds is 6. The number of ether oxygens (including phenoxy) is 1. The molecule has 0 saturated heterocycles. The highest BCUT2D eigenvalue weighted by Crippen LogP contribution is 2.21. The van der Waals surface area contributed by atoms with Crippen LogP contribution in [0.1, 0.15) is 37.8 Å². The highest BCUT2D eigenvalue weighted by atomic mass is 16.5. The lowest BCUT2D eigenvalue weighted by atomic mass is 10.1. The summed E-state index contributed by atoms with van der Waals surface area (Å²) in [5, 5.41) is 0. The van der Waals surface area contributed by atoms with Crippen molar-refractivity contribution < 1.29 is 4.74 Å². The Morgan fingerprint density at radius 2 is 2.00 bits per heavy atom. The van der Waals surface area contributed by atoms with Crippen molar-refractivity contribution in [3.63, 3.8) is 0 Å². The van der Waals surface area contributed by atoms with Gasteiger partial charge < -0.3 is 10.5 Å². The molecule has 2 nitrogen and oxygen atoms in total. The van der Waals surface area contributed by atoms with Gasteiger partial charge in [0.25, 0.3) is 0 Å². The predicted octanol–water partition coefficient (Wildman–Crippen LogP) is 3.06. The summed E-state index contributed by atoms with van der Waals surface area (Å²) in [6.45, 7) is 6.99. The Kier molecular flexibility index (Phi) is 5.33. The van der Waals surface area contributed by atoms with E-state index >= 15 is 0 Å². The second kappa shape index (κ2) is 6.54. The number of hydrogen-bond acceptors (Lipinski definition) is 2. The van der Waals surface area contributed by atoms with Gasteiger partial charge in [0, 0.05) is 0 Å². The van der Waals surface area contributed by atoms with E-state index in [9.17, 15) is 0 Å². The number of benzene rings is 1. The molecule has 0 amide bonds. The van der Waals surface area contributed by atoms with Crippen LogP contribution in [0, 0.1) is 6.92 Å². The minimum absolute atomic E-state index is 0.238. The van der Waals surface area contributed by atoms with Crippen LogP contribution in [-0.4, -0.2) is 12.6 Å². The van der Waals surface area contributed by atoms with Gasteiger partial charge in [-0.15, -0.1) is 0 Å². The van der Waals surface area contributed by atoms with Crippen molar-refractivity contribution in [3.05, 3.63) is 29.3 Å². The summed E-state index contributed by atoms with van der Waals surface area (Å²) in [6, 6.07) is 6.45. The smallest absolute Gasteiger partial charge is 0.122 e. The summed E-state index contributed by atoms with van der Waals surface area (Å²) in [5.41, 5.74) is 8.08. The largest absolute Gasteiger partial charge is 0.491 e. The Morgan fingerprint density at radius 1 is 1.25 bits per heavy atom. The number of aryl methyl sites for hydroxylation is 2. The van der Waals surface area contributed by atoms with Crippen LogP contribution < -0.4 is 10.5 Å². The van der Waals surface area contributed by atoms with Crippen molar-refractivity contribution in [2.24, 2.45) is 5.73 Å². The Bertz CT molecular complexity index is 321. The van der Waals surface area contributed by atoms with E-state index in [-0.39, 0.29) is 6.10 Å². The zero-order valence-corrected chi connectivity index (χ0v) is 10.6. The molecule has 1 aromatic rings. The molecule has 0 radical (unpaired) electrons. The molecule has 0 saturated carbocycles. The molecule has 0 aliphatic heterocycles. The molecule has 2 N–H and O–H groups in total. The van der Waals surface area contributed by atoms with E-state index in [4.69, 9.17) is 10.5 Å². The van der Waals surface area contributed by atoms with Gasteiger partial charge in [-0.25, -0.2) is 0 Å². The van der Waals surface area contributed by atoms with Gasteiger partial charge in [0.2, 0.25) is 0 Å². The minimum Gasteiger partial charge on any atom is -0.491 e. The third kappa shape index (κ3) is 4.23. The van der Waals surface area contributed by atoms with Crippen LogP contribution in [0.15, 0.2) is 18.2 Å². The molecule has 0 unspecified atom stereocenters. The molecular formula is C14H23NO. The maximum atomic E-state index is 5.71. The van der Waals surface area contributed by atoms with Gasteiger partial charge in [0.15, 0.2) is 0 Å². The average molecular weight is 221 g/mol. The van der Waals surface area contributed by atoms with Gasteiger partial charge in [-0.1, -0.05) is 12.1 Å². The van der Waals surface area contributed by atoms with Crippen molar-refractivity contribution in [2.45, 2.75) is 46.1 Å². The normalized spacial score (nSPS) is 10.8. The maximum absolute atomic E-state index is 5.71. The zero-order valence-electron chi connectivity index (χ0n) is 10.6. The van der Waals surface area contributed by atoms with Crippen LogP contribution in [0.2, 0.25) is 0 Å². The van der Waals surface area contributed by atoms with Gasteiger partial charge in [0.1, 0.15) is 5.75 Å². The molecule has 0 atom stereocenters. The Balaban J connectivity index is 2.60. The van der Waals surface area contributed by atoms with Gasteiger partial charge in [-0.3, -0.25) is 0 Å². The first-order chi connectivity index (χ1) is 7.63. The van der Waals surface area contributed by atoms with Crippen molar-refractivity contribution >= 4 is 0 Å². The summed E-state index contributed by atoms with van der Waals surface area (Å²) in [6.07, 6.45) is 3.62. The van der Waals surface area contributed by atoms with Gasteiger partial charge in [-0.05, 0) is 63.8 Å². The van der Waals surface area contributed by atoms with Crippen LogP contribution in [0.5, 0.6) is 5.75 Å². The van der Waals surface area contributed by atoms with E-state index in [0.29, 0.717) is 0 Å². The summed E-state index contributed by atoms with van der Waals surface area (Å²) >= 11 is 0. The second-order valence-electron chi connectivity index (χ2n) is 4.51. The molecule has 1 rings (SSSR count). The van der Waals surface area contributed by atoms with Crippen molar-refractivity contribution in [3.8, 4) is 5.75 Å². The molecule has 90 valence electrons.